The van der Waals surface area contributed by atoms with Gasteiger partial charge >= 0.3 is 5.97 Å². The number of aliphatic hydroxyl groups is 3. The summed E-state index contributed by atoms with van der Waals surface area (Å²) < 4.78 is 42.4. The van der Waals surface area contributed by atoms with Crippen LogP contribution in [0.3, 0.4) is 0 Å². The average Bonchev–Trinajstić information content (AvgIpc) is 2.91. The van der Waals surface area contributed by atoms with Crippen LogP contribution in [-0.2, 0) is 9.47 Å². The Kier molecular flexibility index (Phi) is 9.10. The first-order chi connectivity index (χ1) is 17.7. The minimum absolute atomic E-state index is 0.0115. The molecule has 0 amide bonds. The number of esters is 1. The predicted molar refractivity (Wildman–Crippen MR) is 125 cm³/mol. The van der Waals surface area contributed by atoms with Crippen molar-refractivity contribution in [3.05, 3.63) is 29.8 Å². The number of methoxy groups -OCH3 is 5. The van der Waals surface area contributed by atoms with Crippen LogP contribution in [0.5, 0.6) is 40.2 Å². The van der Waals surface area contributed by atoms with Crippen LogP contribution < -0.4 is 28.4 Å². The predicted octanol–water partition coefficient (Wildman–Crippen LogP) is 0.479. The third-order valence-electron chi connectivity index (χ3n) is 5.65. The van der Waals surface area contributed by atoms with Crippen molar-refractivity contribution in [2.45, 2.75) is 30.7 Å². The number of phenols is 1. The van der Waals surface area contributed by atoms with Gasteiger partial charge in [-0.25, -0.2) is 4.79 Å². The molecule has 204 valence electrons. The molecule has 3 rings (SSSR count). The highest BCUT2D eigenvalue weighted by molar-refractivity contribution is 5.91. The van der Waals surface area contributed by atoms with Gasteiger partial charge in [-0.1, -0.05) is 0 Å². The zero-order valence-electron chi connectivity index (χ0n) is 20.9. The van der Waals surface area contributed by atoms with Crippen molar-refractivity contribution < 1.29 is 63.1 Å². The van der Waals surface area contributed by atoms with Crippen molar-refractivity contribution in [2.24, 2.45) is 0 Å². The third kappa shape index (κ3) is 5.85. The Labute approximate surface area is 212 Å². The van der Waals surface area contributed by atoms with Crippen molar-refractivity contribution in [1.29, 1.82) is 0 Å². The van der Waals surface area contributed by atoms with E-state index >= 15 is 0 Å². The van der Waals surface area contributed by atoms with Crippen LogP contribution in [0.2, 0.25) is 0 Å². The molecule has 13 nitrogen and oxygen atoms in total. The van der Waals surface area contributed by atoms with Gasteiger partial charge in [0.1, 0.15) is 36.8 Å². The molecule has 2 aromatic rings. The van der Waals surface area contributed by atoms with Crippen LogP contribution >= 0.6 is 0 Å². The molecule has 1 saturated heterocycles. The summed E-state index contributed by atoms with van der Waals surface area (Å²) in [5.74, 6) is -0.186. The molecule has 0 radical (unpaired) electrons. The Morgan fingerprint density at radius 1 is 0.784 bits per heavy atom. The lowest BCUT2D eigenvalue weighted by atomic mass is 9.99. The number of hydrogen-bond donors (Lipinski definition) is 4. The molecule has 1 fully saturated rings. The summed E-state index contributed by atoms with van der Waals surface area (Å²) in [5, 5.41) is 41.2. The van der Waals surface area contributed by atoms with Crippen LogP contribution in [0.1, 0.15) is 10.4 Å². The molecule has 1 aliphatic heterocycles. The molecular weight excluding hydrogens is 496 g/mol. The van der Waals surface area contributed by atoms with Crippen LogP contribution in [0.4, 0.5) is 0 Å². The summed E-state index contributed by atoms with van der Waals surface area (Å²) in [7, 11) is 6.86. The second-order valence-electron chi connectivity index (χ2n) is 7.82. The van der Waals surface area contributed by atoms with Crippen molar-refractivity contribution in [3.63, 3.8) is 0 Å². The summed E-state index contributed by atoms with van der Waals surface area (Å²) in [6, 6.07) is 5.39. The molecule has 0 aromatic heterocycles. The monoisotopic (exact) mass is 526 g/mol. The number of ether oxygens (including phenoxy) is 8. The zero-order valence-corrected chi connectivity index (χ0v) is 20.9. The first kappa shape index (κ1) is 27.9. The van der Waals surface area contributed by atoms with E-state index in [1.54, 1.807) is 0 Å². The first-order valence-electron chi connectivity index (χ1n) is 11.0. The van der Waals surface area contributed by atoms with Gasteiger partial charge in [0.2, 0.25) is 17.8 Å². The number of carbonyl (C=O) groups excluding carboxylic acids is 1. The molecule has 0 spiro atoms. The van der Waals surface area contributed by atoms with E-state index < -0.39 is 43.3 Å². The smallest absolute Gasteiger partial charge is 0.338 e. The van der Waals surface area contributed by atoms with E-state index in [1.165, 1.54) is 59.8 Å². The molecule has 2 aromatic carbocycles. The lowest BCUT2D eigenvalue weighted by Gasteiger charge is -2.40. The van der Waals surface area contributed by atoms with E-state index in [-0.39, 0.29) is 40.1 Å². The normalized spacial score (nSPS) is 23.1. The Morgan fingerprint density at radius 2 is 1.32 bits per heavy atom. The highest BCUT2D eigenvalue weighted by atomic mass is 16.7. The molecule has 4 N–H and O–H groups in total. The van der Waals surface area contributed by atoms with Crippen molar-refractivity contribution >= 4 is 5.97 Å². The molecule has 0 aliphatic carbocycles. The maximum absolute atomic E-state index is 12.6. The van der Waals surface area contributed by atoms with Crippen LogP contribution in [-0.4, -0.2) is 99.3 Å². The van der Waals surface area contributed by atoms with Gasteiger partial charge in [0.15, 0.2) is 23.0 Å². The molecule has 13 heteroatoms. The number of aromatic hydroxyl groups is 1. The van der Waals surface area contributed by atoms with E-state index in [4.69, 9.17) is 37.9 Å². The van der Waals surface area contributed by atoms with Gasteiger partial charge in [-0.05, 0) is 12.1 Å². The van der Waals surface area contributed by atoms with Gasteiger partial charge in [-0.2, -0.15) is 0 Å². The van der Waals surface area contributed by atoms with Crippen molar-refractivity contribution in [2.75, 3.05) is 42.2 Å². The quantitative estimate of drug-likeness (QED) is 0.315. The second kappa shape index (κ2) is 12.1. The van der Waals surface area contributed by atoms with Gasteiger partial charge in [-0.3, -0.25) is 0 Å². The SMILES string of the molecule is COc1cc(C(=O)OCC2OC(Oc3cc(OC)c(OC)c(OC)c3)C(O)C(O)C2O)cc(OC)c1O. The standard InChI is InChI=1S/C24H30O13/c1-30-13-6-11(7-14(31-2)18(13)25)23(29)35-10-17-19(26)20(27)21(28)24(37-17)36-12-8-15(32-3)22(34-5)16(9-12)33-4/h6-9,17,19-21,24-28H,10H2,1-5H3. The highest BCUT2D eigenvalue weighted by Crippen LogP contribution is 2.41. The summed E-state index contributed by atoms with van der Waals surface area (Å²) in [5.41, 5.74) is -0.0115. The van der Waals surface area contributed by atoms with E-state index in [0.29, 0.717) is 5.75 Å². The Bertz CT molecular complexity index is 1040. The van der Waals surface area contributed by atoms with Gasteiger partial charge in [0.05, 0.1) is 41.1 Å². The molecular formula is C24H30O13. The molecule has 5 atom stereocenters. The minimum atomic E-state index is -1.68. The molecule has 37 heavy (non-hydrogen) atoms. The molecule has 0 saturated carbocycles. The number of rotatable bonds is 10. The highest BCUT2D eigenvalue weighted by Gasteiger charge is 2.45. The maximum Gasteiger partial charge on any atom is 0.338 e. The van der Waals surface area contributed by atoms with Crippen LogP contribution in [0.15, 0.2) is 24.3 Å². The van der Waals surface area contributed by atoms with E-state index in [2.05, 4.69) is 0 Å². The molecule has 5 unspecified atom stereocenters. The van der Waals surface area contributed by atoms with Crippen LogP contribution in [0, 0.1) is 0 Å². The molecule has 0 bridgehead atoms. The first-order valence-corrected chi connectivity index (χ1v) is 11.0. The number of benzene rings is 2. The lowest BCUT2D eigenvalue weighted by Crippen LogP contribution is -2.60. The average molecular weight is 526 g/mol. The van der Waals surface area contributed by atoms with E-state index in [0.717, 1.165) is 0 Å². The molecule has 1 aliphatic rings. The second-order valence-corrected chi connectivity index (χ2v) is 7.82. The minimum Gasteiger partial charge on any atom is -0.502 e. The topological polar surface area (TPSA) is 172 Å². The van der Waals surface area contributed by atoms with E-state index in [1.807, 2.05) is 0 Å². The maximum atomic E-state index is 12.6. The summed E-state index contributed by atoms with van der Waals surface area (Å²) in [6.45, 7) is -0.510. The number of aliphatic hydroxyl groups excluding tert-OH is 3. The van der Waals surface area contributed by atoms with Gasteiger partial charge in [-0.15, -0.1) is 0 Å². The Balaban J connectivity index is 1.76. The van der Waals surface area contributed by atoms with Crippen molar-refractivity contribution in [1.82, 2.24) is 0 Å². The van der Waals surface area contributed by atoms with Gasteiger partial charge < -0.3 is 58.3 Å². The third-order valence-corrected chi connectivity index (χ3v) is 5.65. The molecule has 1 heterocycles. The number of hydrogen-bond acceptors (Lipinski definition) is 13. The number of carbonyl (C=O) groups is 1. The van der Waals surface area contributed by atoms with E-state index in [9.17, 15) is 25.2 Å². The summed E-state index contributed by atoms with van der Waals surface area (Å²) in [6.07, 6.45) is -7.66. The van der Waals surface area contributed by atoms with Crippen molar-refractivity contribution in [3.8, 4) is 40.2 Å². The fourth-order valence-corrected chi connectivity index (χ4v) is 3.66. The zero-order chi connectivity index (χ0) is 27.3. The fraction of sp³-hybridized carbons (Fsp3) is 0.458. The number of phenolic OH excluding ortho intramolecular Hbond substituents is 1. The Hall–Kier alpha value is -3.65. The summed E-state index contributed by atoms with van der Waals surface area (Å²) in [4.78, 5) is 12.6. The largest absolute Gasteiger partial charge is 0.502 e. The van der Waals surface area contributed by atoms with Crippen LogP contribution in [0.25, 0.3) is 0 Å². The fourth-order valence-electron chi connectivity index (χ4n) is 3.66. The van der Waals surface area contributed by atoms with Gasteiger partial charge in [0.25, 0.3) is 0 Å². The summed E-state index contributed by atoms with van der Waals surface area (Å²) >= 11 is 0. The lowest BCUT2D eigenvalue weighted by molar-refractivity contribution is -0.277. The Morgan fingerprint density at radius 3 is 1.81 bits per heavy atom. The van der Waals surface area contributed by atoms with Gasteiger partial charge in [0, 0.05) is 12.1 Å².